The van der Waals surface area contributed by atoms with E-state index in [1.165, 1.54) is 0 Å². The number of carbonyl (C=O) groups is 1. The number of hydrogen-bond acceptors (Lipinski definition) is 2. The first-order valence-electron chi connectivity index (χ1n) is 4.92. The van der Waals surface area contributed by atoms with E-state index in [9.17, 15) is 23.1 Å². The quantitative estimate of drug-likeness (QED) is 0.861. The average Bonchev–Trinajstić information content (AvgIpc) is 2.18. The first-order valence-corrected chi connectivity index (χ1v) is 4.92. The Hall–Kier alpha value is -1.72. The van der Waals surface area contributed by atoms with Crippen molar-refractivity contribution in [3.05, 3.63) is 29.3 Å². The summed E-state index contributed by atoms with van der Waals surface area (Å²) in [7, 11) is 0. The molecular weight excluding hydrogens is 237 g/mol. The number of aliphatic carboxylic acids is 1. The van der Waals surface area contributed by atoms with Crippen molar-refractivity contribution >= 4 is 5.97 Å². The van der Waals surface area contributed by atoms with Crippen LogP contribution in [0.2, 0.25) is 0 Å². The third-order valence-corrected chi connectivity index (χ3v) is 2.27. The average molecular weight is 248 g/mol. The summed E-state index contributed by atoms with van der Waals surface area (Å²) >= 11 is 0. The molecule has 1 rings (SSSR count). The molecule has 0 aliphatic carbocycles. The van der Waals surface area contributed by atoms with Crippen LogP contribution in [0.25, 0.3) is 0 Å². The molecule has 0 bridgehead atoms. The fourth-order valence-corrected chi connectivity index (χ4v) is 1.52. The number of carboxylic acid groups (broad SMARTS) is 1. The molecule has 0 amide bonds. The summed E-state index contributed by atoms with van der Waals surface area (Å²) in [6.45, 7) is 0. The molecule has 0 aromatic heterocycles. The summed E-state index contributed by atoms with van der Waals surface area (Å²) in [5.41, 5.74) is -1.16. The maximum Gasteiger partial charge on any atom is 0.416 e. The smallest absolute Gasteiger partial charge is 0.416 e. The largest absolute Gasteiger partial charge is 0.508 e. The van der Waals surface area contributed by atoms with E-state index in [1.807, 2.05) is 0 Å². The lowest BCUT2D eigenvalue weighted by atomic mass is 10.0. The van der Waals surface area contributed by atoms with Crippen LogP contribution in [0.3, 0.4) is 0 Å². The van der Waals surface area contributed by atoms with Crippen LogP contribution in [0.5, 0.6) is 5.75 Å². The van der Waals surface area contributed by atoms with Crippen LogP contribution in [0.15, 0.2) is 18.2 Å². The van der Waals surface area contributed by atoms with Crippen LogP contribution in [-0.4, -0.2) is 16.2 Å². The van der Waals surface area contributed by atoms with Gasteiger partial charge in [0.15, 0.2) is 0 Å². The van der Waals surface area contributed by atoms with Crippen molar-refractivity contribution in [3.8, 4) is 5.75 Å². The maximum absolute atomic E-state index is 12.6. The van der Waals surface area contributed by atoms with Crippen molar-refractivity contribution in [1.82, 2.24) is 0 Å². The summed E-state index contributed by atoms with van der Waals surface area (Å²) in [5, 5.41) is 17.8. The van der Waals surface area contributed by atoms with Crippen LogP contribution in [0.1, 0.15) is 24.0 Å². The van der Waals surface area contributed by atoms with Gasteiger partial charge in [-0.25, -0.2) is 0 Å². The van der Waals surface area contributed by atoms with E-state index >= 15 is 0 Å². The number of rotatable bonds is 4. The minimum absolute atomic E-state index is 0.0516. The van der Waals surface area contributed by atoms with Crippen molar-refractivity contribution in [1.29, 1.82) is 0 Å². The molecule has 0 spiro atoms. The van der Waals surface area contributed by atoms with Gasteiger partial charge in [0, 0.05) is 12.0 Å². The van der Waals surface area contributed by atoms with Gasteiger partial charge in [-0.05, 0) is 25.0 Å². The zero-order valence-electron chi connectivity index (χ0n) is 8.79. The van der Waals surface area contributed by atoms with Crippen molar-refractivity contribution in [2.45, 2.75) is 25.4 Å². The number of phenols is 1. The highest BCUT2D eigenvalue weighted by Crippen LogP contribution is 2.36. The number of alkyl halides is 3. The Morgan fingerprint density at radius 3 is 2.47 bits per heavy atom. The lowest BCUT2D eigenvalue weighted by Gasteiger charge is -2.13. The van der Waals surface area contributed by atoms with E-state index in [0.717, 1.165) is 18.2 Å². The van der Waals surface area contributed by atoms with Crippen molar-refractivity contribution in [3.63, 3.8) is 0 Å². The van der Waals surface area contributed by atoms with Gasteiger partial charge in [0.2, 0.25) is 0 Å². The molecule has 94 valence electrons. The maximum atomic E-state index is 12.6. The van der Waals surface area contributed by atoms with E-state index in [0.29, 0.717) is 0 Å². The second kappa shape index (κ2) is 5.07. The molecule has 0 saturated heterocycles. The molecule has 0 atom stereocenters. The Morgan fingerprint density at radius 1 is 1.29 bits per heavy atom. The van der Waals surface area contributed by atoms with Gasteiger partial charge in [0.05, 0.1) is 5.56 Å². The highest BCUT2D eigenvalue weighted by atomic mass is 19.4. The molecule has 6 heteroatoms. The Bertz CT molecular complexity index is 413. The molecule has 0 fully saturated rings. The van der Waals surface area contributed by atoms with Crippen LogP contribution in [0.4, 0.5) is 13.2 Å². The minimum Gasteiger partial charge on any atom is -0.508 e. The Morgan fingerprint density at radius 2 is 1.94 bits per heavy atom. The minimum atomic E-state index is -4.54. The summed E-state index contributed by atoms with van der Waals surface area (Å²) in [6.07, 6.45) is -4.84. The molecule has 0 heterocycles. The lowest BCUT2D eigenvalue weighted by Crippen LogP contribution is -2.09. The normalized spacial score (nSPS) is 11.5. The fourth-order valence-electron chi connectivity index (χ4n) is 1.52. The summed E-state index contributed by atoms with van der Waals surface area (Å²) in [6, 6.07) is 3.14. The van der Waals surface area contributed by atoms with E-state index < -0.39 is 23.5 Å². The molecule has 0 radical (unpaired) electrons. The first-order chi connectivity index (χ1) is 7.82. The molecule has 3 nitrogen and oxygen atoms in total. The summed E-state index contributed by atoms with van der Waals surface area (Å²) in [4.78, 5) is 10.3. The van der Waals surface area contributed by atoms with Gasteiger partial charge >= 0.3 is 12.1 Å². The van der Waals surface area contributed by atoms with Crippen molar-refractivity contribution in [2.24, 2.45) is 0 Å². The van der Waals surface area contributed by atoms with Gasteiger partial charge in [-0.1, -0.05) is 6.07 Å². The lowest BCUT2D eigenvalue weighted by molar-refractivity contribution is -0.138. The number of benzene rings is 1. The molecule has 1 aromatic rings. The number of phenolic OH excluding ortho intramolecular Hbond substituents is 1. The molecule has 0 aliphatic heterocycles. The van der Waals surface area contributed by atoms with Crippen LogP contribution in [-0.2, 0) is 17.4 Å². The van der Waals surface area contributed by atoms with Crippen LogP contribution in [0, 0.1) is 0 Å². The predicted octanol–water partition coefficient (Wildman–Crippen LogP) is 2.82. The molecule has 1 aromatic carbocycles. The topological polar surface area (TPSA) is 57.5 Å². The summed E-state index contributed by atoms with van der Waals surface area (Å²) < 4.78 is 37.8. The molecule has 17 heavy (non-hydrogen) atoms. The van der Waals surface area contributed by atoms with Crippen molar-refractivity contribution in [2.75, 3.05) is 0 Å². The third kappa shape index (κ3) is 3.65. The van der Waals surface area contributed by atoms with Gasteiger partial charge in [-0.15, -0.1) is 0 Å². The van der Waals surface area contributed by atoms with Gasteiger partial charge in [0.25, 0.3) is 0 Å². The molecule has 2 N–H and O–H groups in total. The Labute approximate surface area is 95.5 Å². The number of aromatic hydroxyl groups is 1. The number of carboxylic acids is 1. The van der Waals surface area contributed by atoms with Gasteiger partial charge in [-0.2, -0.15) is 13.2 Å². The van der Waals surface area contributed by atoms with Crippen LogP contribution < -0.4 is 0 Å². The highest BCUT2D eigenvalue weighted by molar-refractivity contribution is 5.66. The highest BCUT2D eigenvalue weighted by Gasteiger charge is 2.34. The first kappa shape index (κ1) is 13.3. The van der Waals surface area contributed by atoms with Gasteiger partial charge in [-0.3, -0.25) is 4.79 Å². The van der Waals surface area contributed by atoms with Gasteiger partial charge in [0.1, 0.15) is 5.75 Å². The van der Waals surface area contributed by atoms with E-state index in [1.54, 1.807) is 0 Å². The van der Waals surface area contributed by atoms with Crippen LogP contribution >= 0.6 is 0 Å². The molecule has 0 unspecified atom stereocenters. The Kier molecular flexibility index (Phi) is 3.98. The second-order valence-corrected chi connectivity index (χ2v) is 3.55. The van der Waals surface area contributed by atoms with E-state index in [4.69, 9.17) is 5.11 Å². The number of halogens is 3. The monoisotopic (exact) mass is 248 g/mol. The predicted molar refractivity (Wildman–Crippen MR) is 53.7 cm³/mol. The summed E-state index contributed by atoms with van der Waals surface area (Å²) in [5.74, 6) is -1.53. The van der Waals surface area contributed by atoms with Gasteiger partial charge < -0.3 is 10.2 Å². The zero-order chi connectivity index (χ0) is 13.1. The SMILES string of the molecule is O=C(O)CCCc1c(O)cccc1C(F)(F)F. The standard InChI is InChI=1S/C11H11F3O3/c12-11(13,14)8-4-2-5-9(15)7(8)3-1-6-10(16)17/h2,4-5,15H,1,3,6H2,(H,16,17). The van der Waals surface area contributed by atoms with Crippen molar-refractivity contribution < 1.29 is 28.2 Å². The zero-order valence-corrected chi connectivity index (χ0v) is 8.79. The molecular formula is C11H11F3O3. The second-order valence-electron chi connectivity index (χ2n) is 3.55. The third-order valence-electron chi connectivity index (χ3n) is 2.27. The Balaban J connectivity index is 2.92. The van der Waals surface area contributed by atoms with E-state index in [-0.39, 0.29) is 24.8 Å². The number of hydrogen-bond donors (Lipinski definition) is 2. The van der Waals surface area contributed by atoms with E-state index in [2.05, 4.69) is 0 Å². The molecule has 0 saturated carbocycles. The molecule has 0 aliphatic rings. The fraction of sp³-hybridized carbons (Fsp3) is 0.364.